The molecule has 0 radical (unpaired) electrons. The van der Waals surface area contributed by atoms with Crippen LogP contribution >= 0.6 is 0 Å². The van der Waals surface area contributed by atoms with Crippen LogP contribution in [0, 0.1) is 0 Å². The van der Waals surface area contributed by atoms with Crippen molar-refractivity contribution >= 4 is 16.8 Å². The second-order valence-electron chi connectivity index (χ2n) is 9.13. The van der Waals surface area contributed by atoms with Gasteiger partial charge in [0.15, 0.2) is 0 Å². The highest BCUT2D eigenvalue weighted by atomic mass is 16.2. The number of carbonyl (C=O) groups excluding carboxylic acids is 1. The number of nitrogens with one attached hydrogen (secondary N) is 2. The van der Waals surface area contributed by atoms with Crippen molar-refractivity contribution in [1.29, 1.82) is 0 Å². The first-order valence-corrected chi connectivity index (χ1v) is 11.5. The Morgan fingerprint density at radius 1 is 1.00 bits per heavy atom. The zero-order valence-corrected chi connectivity index (χ0v) is 17.4. The Bertz CT molecular complexity index is 1080. The van der Waals surface area contributed by atoms with Gasteiger partial charge in [0.1, 0.15) is 0 Å². The predicted octanol–water partition coefficient (Wildman–Crippen LogP) is 3.75. The number of aromatic nitrogens is 3. The molecule has 0 saturated carbocycles. The molecule has 6 heteroatoms. The first kappa shape index (κ1) is 18.2. The molecule has 2 N–H and O–H groups in total. The first-order chi connectivity index (χ1) is 14.8. The molecule has 0 atom stereocenters. The van der Waals surface area contributed by atoms with E-state index in [0.717, 1.165) is 67.7 Å². The lowest BCUT2D eigenvalue weighted by Gasteiger charge is -2.36. The van der Waals surface area contributed by atoms with Gasteiger partial charge in [-0.15, -0.1) is 0 Å². The minimum atomic E-state index is 0.183. The van der Waals surface area contributed by atoms with Crippen molar-refractivity contribution in [2.45, 2.75) is 51.0 Å². The van der Waals surface area contributed by atoms with Gasteiger partial charge in [-0.3, -0.25) is 9.89 Å². The van der Waals surface area contributed by atoms with Crippen LogP contribution in [0.1, 0.15) is 53.6 Å². The van der Waals surface area contributed by atoms with E-state index < -0.39 is 0 Å². The highest BCUT2D eigenvalue weighted by Gasteiger charge is 2.29. The summed E-state index contributed by atoms with van der Waals surface area (Å²) >= 11 is 0. The van der Waals surface area contributed by atoms with E-state index in [2.05, 4.69) is 37.1 Å². The van der Waals surface area contributed by atoms with Gasteiger partial charge in [-0.25, -0.2) is 0 Å². The summed E-state index contributed by atoms with van der Waals surface area (Å²) in [5.41, 5.74) is 6.76. The fourth-order valence-electron chi connectivity index (χ4n) is 5.75. The van der Waals surface area contributed by atoms with Crippen LogP contribution in [0.4, 0.5) is 0 Å². The third kappa shape index (κ3) is 2.97. The molecule has 156 valence electrons. The van der Waals surface area contributed by atoms with Crippen molar-refractivity contribution in [3.05, 3.63) is 41.1 Å². The smallest absolute Gasteiger partial charge is 0.253 e. The molecule has 0 spiro atoms. The summed E-state index contributed by atoms with van der Waals surface area (Å²) in [7, 11) is 0. The summed E-state index contributed by atoms with van der Waals surface area (Å²) in [6, 6.07) is 6.84. The van der Waals surface area contributed by atoms with E-state index in [1.54, 1.807) is 0 Å². The van der Waals surface area contributed by atoms with Gasteiger partial charge in [0.2, 0.25) is 0 Å². The highest BCUT2D eigenvalue weighted by molar-refractivity contribution is 6.00. The molecule has 1 aromatic carbocycles. The van der Waals surface area contributed by atoms with Crippen molar-refractivity contribution in [1.82, 2.24) is 25.0 Å². The molecule has 1 amide bonds. The second-order valence-corrected chi connectivity index (χ2v) is 9.13. The maximum absolute atomic E-state index is 13.3. The molecule has 4 heterocycles. The van der Waals surface area contributed by atoms with Gasteiger partial charge >= 0.3 is 0 Å². The highest BCUT2D eigenvalue weighted by Crippen LogP contribution is 2.36. The van der Waals surface area contributed by atoms with E-state index in [-0.39, 0.29) is 5.91 Å². The second kappa shape index (κ2) is 7.27. The van der Waals surface area contributed by atoms with Gasteiger partial charge in [0, 0.05) is 35.6 Å². The topological polar surface area (TPSA) is 68.0 Å². The van der Waals surface area contributed by atoms with E-state index in [1.165, 1.54) is 42.4 Å². The molecule has 2 aromatic heterocycles. The number of fused-ring (bicyclic) bond motifs is 5. The lowest BCUT2D eigenvalue weighted by molar-refractivity contribution is 0.0644. The number of nitrogens with zero attached hydrogens (tertiary/aromatic N) is 3. The standard InChI is InChI=1S/C24H29N5O/c30-24(29-12-8-18(9-13-29)28-10-1-2-11-28)16-6-7-21-20(14-16)19-5-3-4-17-15-25-27-22(17)23(19)26-21/h6-7,14-15,18,26H,1-5,8-13H2,(H,25,27). The molecular formula is C24H29N5O. The number of piperidine rings is 1. The van der Waals surface area contributed by atoms with Gasteiger partial charge in [0.05, 0.1) is 17.6 Å². The maximum Gasteiger partial charge on any atom is 0.253 e. The number of amides is 1. The van der Waals surface area contributed by atoms with E-state index >= 15 is 0 Å². The van der Waals surface area contributed by atoms with Gasteiger partial charge in [-0.05, 0) is 87.4 Å². The molecule has 30 heavy (non-hydrogen) atoms. The fourth-order valence-corrected chi connectivity index (χ4v) is 5.75. The number of hydrogen-bond acceptors (Lipinski definition) is 3. The third-order valence-corrected chi connectivity index (χ3v) is 7.40. The van der Waals surface area contributed by atoms with Gasteiger partial charge < -0.3 is 14.8 Å². The number of benzene rings is 1. The minimum absolute atomic E-state index is 0.183. The maximum atomic E-state index is 13.3. The molecule has 2 saturated heterocycles. The van der Waals surface area contributed by atoms with Crippen molar-refractivity contribution < 1.29 is 4.79 Å². The number of likely N-dealkylation sites (tertiary alicyclic amines) is 2. The average Bonchev–Trinajstić information content (AvgIpc) is 3.52. The minimum Gasteiger partial charge on any atom is -0.353 e. The number of rotatable bonds is 2. The van der Waals surface area contributed by atoms with Crippen LogP contribution in [0.5, 0.6) is 0 Å². The zero-order chi connectivity index (χ0) is 20.1. The average molecular weight is 404 g/mol. The van der Waals surface area contributed by atoms with E-state index in [1.807, 2.05) is 12.3 Å². The van der Waals surface area contributed by atoms with Crippen molar-refractivity contribution in [3.8, 4) is 11.4 Å². The Hall–Kier alpha value is -2.60. The van der Waals surface area contributed by atoms with Crippen LogP contribution in [0.2, 0.25) is 0 Å². The normalized spacial score (nSPS) is 20.3. The summed E-state index contributed by atoms with van der Waals surface area (Å²) in [5, 5.41) is 8.60. The molecule has 1 aliphatic carbocycles. The number of hydrogen-bond donors (Lipinski definition) is 2. The van der Waals surface area contributed by atoms with Crippen molar-refractivity contribution in [2.24, 2.45) is 0 Å². The van der Waals surface area contributed by atoms with E-state index in [4.69, 9.17) is 0 Å². The number of carbonyl (C=O) groups is 1. The Morgan fingerprint density at radius 3 is 2.67 bits per heavy atom. The van der Waals surface area contributed by atoms with E-state index in [9.17, 15) is 4.79 Å². The number of aryl methyl sites for hydroxylation is 2. The molecule has 2 fully saturated rings. The van der Waals surface area contributed by atoms with Crippen LogP contribution in [-0.2, 0) is 12.8 Å². The summed E-state index contributed by atoms with van der Waals surface area (Å²) in [6.07, 6.45) is 10.00. The first-order valence-electron chi connectivity index (χ1n) is 11.5. The van der Waals surface area contributed by atoms with Crippen LogP contribution in [0.15, 0.2) is 24.4 Å². The molecule has 6 nitrogen and oxygen atoms in total. The Morgan fingerprint density at radius 2 is 1.83 bits per heavy atom. The van der Waals surface area contributed by atoms with Gasteiger partial charge in [0.25, 0.3) is 5.91 Å². The lowest BCUT2D eigenvalue weighted by atomic mass is 10.0. The molecule has 2 aliphatic heterocycles. The Balaban J connectivity index is 1.26. The van der Waals surface area contributed by atoms with Crippen LogP contribution in [-0.4, -0.2) is 63.1 Å². The van der Waals surface area contributed by atoms with Crippen LogP contribution in [0.25, 0.3) is 22.3 Å². The number of H-pyrrole nitrogens is 2. The van der Waals surface area contributed by atoms with Crippen LogP contribution < -0.4 is 0 Å². The molecule has 0 bridgehead atoms. The third-order valence-electron chi connectivity index (χ3n) is 7.40. The molecule has 0 unspecified atom stereocenters. The summed E-state index contributed by atoms with van der Waals surface area (Å²) in [5.74, 6) is 0.183. The van der Waals surface area contributed by atoms with Crippen molar-refractivity contribution in [2.75, 3.05) is 26.2 Å². The number of aromatic amines is 2. The molecule has 6 rings (SSSR count). The molecular weight excluding hydrogens is 374 g/mol. The van der Waals surface area contributed by atoms with Gasteiger partial charge in [-0.2, -0.15) is 5.10 Å². The lowest BCUT2D eigenvalue weighted by Crippen LogP contribution is -2.45. The summed E-state index contributed by atoms with van der Waals surface area (Å²) in [4.78, 5) is 21.5. The largest absolute Gasteiger partial charge is 0.353 e. The SMILES string of the molecule is O=C(c1ccc2[nH]c3c(c2c1)CCCc1cn[nH]c1-3)N1CCC(N2CCCC2)CC1. The molecule has 3 aliphatic rings. The van der Waals surface area contributed by atoms with Crippen molar-refractivity contribution in [3.63, 3.8) is 0 Å². The van der Waals surface area contributed by atoms with Gasteiger partial charge in [-0.1, -0.05) is 0 Å². The summed E-state index contributed by atoms with van der Waals surface area (Å²) < 4.78 is 0. The fraction of sp³-hybridized carbons (Fsp3) is 0.500. The zero-order valence-electron chi connectivity index (χ0n) is 17.4. The predicted molar refractivity (Wildman–Crippen MR) is 118 cm³/mol. The summed E-state index contributed by atoms with van der Waals surface area (Å²) in [6.45, 7) is 4.24. The van der Waals surface area contributed by atoms with E-state index in [0.29, 0.717) is 6.04 Å². The molecule has 3 aromatic rings. The Kier molecular flexibility index (Phi) is 4.41. The van der Waals surface area contributed by atoms with Crippen LogP contribution in [0.3, 0.4) is 0 Å². The Labute approximate surface area is 176 Å². The monoisotopic (exact) mass is 403 g/mol. The quantitative estimate of drug-likeness (QED) is 0.685.